The topological polar surface area (TPSA) is 66.9 Å². The van der Waals surface area contributed by atoms with Gasteiger partial charge in [0.25, 0.3) is 0 Å². The second-order valence-electron chi connectivity index (χ2n) is 7.37. The Labute approximate surface area is 170 Å². The molecule has 1 atom stereocenters. The highest BCUT2D eigenvalue weighted by Crippen LogP contribution is 2.26. The maximum absolute atomic E-state index is 12.5. The molecule has 28 heavy (non-hydrogen) atoms. The van der Waals surface area contributed by atoms with Gasteiger partial charge in [0.1, 0.15) is 0 Å². The summed E-state index contributed by atoms with van der Waals surface area (Å²) < 4.78 is 1.20. The Balaban J connectivity index is 1.57. The third-order valence-electron chi connectivity index (χ3n) is 4.74. The van der Waals surface area contributed by atoms with Crippen molar-refractivity contribution >= 4 is 27.5 Å². The quantitative estimate of drug-likeness (QED) is 0.579. The number of benzene rings is 1. The van der Waals surface area contributed by atoms with Crippen LogP contribution in [0.1, 0.15) is 42.3 Å². The zero-order valence-corrected chi connectivity index (χ0v) is 17.6. The first-order valence-electron chi connectivity index (χ1n) is 9.77. The van der Waals surface area contributed by atoms with E-state index in [9.17, 15) is 4.79 Å². The van der Waals surface area contributed by atoms with Gasteiger partial charge in [-0.3, -0.25) is 9.78 Å². The van der Waals surface area contributed by atoms with E-state index in [4.69, 9.17) is 0 Å². The highest BCUT2D eigenvalue weighted by Gasteiger charge is 2.14. The number of hydrogen-bond acceptors (Lipinski definition) is 5. The van der Waals surface area contributed by atoms with E-state index in [1.165, 1.54) is 15.8 Å². The molecule has 0 bridgehead atoms. The van der Waals surface area contributed by atoms with Gasteiger partial charge in [0.15, 0.2) is 0 Å². The molecular weight excluding hydrogens is 368 g/mol. The summed E-state index contributed by atoms with van der Waals surface area (Å²) in [5.74, 6) is 0.571. The number of aryl methyl sites for hydroxylation is 1. The Kier molecular flexibility index (Phi) is 7.12. The molecule has 0 spiro atoms. The minimum absolute atomic E-state index is 0.0591. The van der Waals surface area contributed by atoms with E-state index >= 15 is 0 Å². The van der Waals surface area contributed by atoms with Crippen LogP contribution in [0.2, 0.25) is 0 Å². The number of pyridine rings is 1. The molecule has 3 rings (SSSR count). The van der Waals surface area contributed by atoms with Crippen molar-refractivity contribution < 1.29 is 4.79 Å². The summed E-state index contributed by atoms with van der Waals surface area (Å²) in [7, 11) is 1.90. The lowest BCUT2D eigenvalue weighted by Crippen LogP contribution is -2.42. The van der Waals surface area contributed by atoms with Crippen molar-refractivity contribution in [3.05, 3.63) is 58.9 Å². The molecule has 0 aliphatic heterocycles. The first-order chi connectivity index (χ1) is 13.5. The monoisotopic (exact) mass is 396 g/mol. The lowest BCUT2D eigenvalue weighted by Gasteiger charge is -2.18. The van der Waals surface area contributed by atoms with Crippen LogP contribution in [0.3, 0.4) is 0 Å². The summed E-state index contributed by atoms with van der Waals surface area (Å²) >= 11 is 1.69. The smallest absolute Gasteiger partial charge is 0.220 e. The molecule has 0 saturated carbocycles. The third-order valence-corrected chi connectivity index (χ3v) is 5.81. The van der Waals surface area contributed by atoms with Crippen LogP contribution in [0.15, 0.2) is 42.7 Å². The van der Waals surface area contributed by atoms with Crippen LogP contribution in [0.4, 0.5) is 0 Å². The van der Waals surface area contributed by atoms with Crippen molar-refractivity contribution in [3.8, 4) is 0 Å². The van der Waals surface area contributed by atoms with Gasteiger partial charge in [0, 0.05) is 37.8 Å². The summed E-state index contributed by atoms with van der Waals surface area (Å²) in [6, 6.07) is 10.5. The van der Waals surface area contributed by atoms with Crippen LogP contribution in [0.5, 0.6) is 0 Å². The van der Waals surface area contributed by atoms with Gasteiger partial charge in [-0.2, -0.15) is 0 Å². The van der Waals surface area contributed by atoms with Crippen LogP contribution in [-0.4, -0.2) is 35.5 Å². The molecule has 0 aliphatic carbocycles. The number of amides is 1. The Bertz CT molecular complexity index is 907. The normalized spacial score (nSPS) is 12.4. The molecule has 1 aromatic carbocycles. The maximum Gasteiger partial charge on any atom is 0.220 e. The Morgan fingerprint density at radius 3 is 2.68 bits per heavy atom. The van der Waals surface area contributed by atoms with Crippen molar-refractivity contribution in [1.29, 1.82) is 0 Å². The standard InChI is InChI=1S/C22H28N4OS/c1-15(2)17-4-5-19-20(13-17)28-22(26-19)7-6-21(27)25-18(14-23-3)12-16-8-10-24-11-9-16/h4-5,8-11,13,15,18,23H,6-7,12,14H2,1-3H3,(H,25,27)/t18-/m0/s1. The van der Waals surface area contributed by atoms with Crippen molar-refractivity contribution in [2.75, 3.05) is 13.6 Å². The van der Waals surface area contributed by atoms with Gasteiger partial charge >= 0.3 is 0 Å². The van der Waals surface area contributed by atoms with Crippen molar-refractivity contribution in [3.63, 3.8) is 0 Å². The number of nitrogens with one attached hydrogen (secondary N) is 2. The second kappa shape index (κ2) is 9.75. The number of thiazole rings is 1. The van der Waals surface area contributed by atoms with Gasteiger partial charge in [-0.05, 0) is 54.8 Å². The maximum atomic E-state index is 12.5. The van der Waals surface area contributed by atoms with E-state index in [2.05, 4.69) is 52.6 Å². The summed E-state index contributed by atoms with van der Waals surface area (Å²) in [5, 5.41) is 7.33. The summed E-state index contributed by atoms with van der Waals surface area (Å²) in [6.45, 7) is 5.12. The molecule has 2 heterocycles. The van der Waals surface area contributed by atoms with Gasteiger partial charge in [-0.25, -0.2) is 4.98 Å². The largest absolute Gasteiger partial charge is 0.352 e. The summed E-state index contributed by atoms with van der Waals surface area (Å²) in [5.41, 5.74) is 3.52. The predicted molar refractivity (Wildman–Crippen MR) is 116 cm³/mol. The molecule has 0 aliphatic rings. The Hall–Kier alpha value is -2.31. The second-order valence-corrected chi connectivity index (χ2v) is 8.49. The van der Waals surface area contributed by atoms with Crippen LogP contribution < -0.4 is 10.6 Å². The van der Waals surface area contributed by atoms with Crippen LogP contribution in [0, 0.1) is 0 Å². The zero-order chi connectivity index (χ0) is 19.9. The van der Waals surface area contributed by atoms with Crippen LogP contribution in [-0.2, 0) is 17.6 Å². The number of likely N-dealkylation sites (N-methyl/N-ethyl adjacent to an activating group) is 1. The predicted octanol–water partition coefficient (Wildman–Crippen LogP) is 3.69. The number of nitrogens with zero attached hydrogens (tertiary/aromatic N) is 2. The molecule has 3 aromatic rings. The molecule has 5 nitrogen and oxygen atoms in total. The van der Waals surface area contributed by atoms with E-state index in [1.54, 1.807) is 23.7 Å². The lowest BCUT2D eigenvalue weighted by atomic mass is 10.0. The lowest BCUT2D eigenvalue weighted by molar-refractivity contribution is -0.121. The third kappa shape index (κ3) is 5.59. The first kappa shape index (κ1) is 20.4. The van der Waals surface area contributed by atoms with E-state index < -0.39 is 0 Å². The summed E-state index contributed by atoms with van der Waals surface area (Å²) in [6.07, 6.45) is 5.47. The molecule has 6 heteroatoms. The van der Waals surface area contributed by atoms with E-state index in [1.807, 2.05) is 19.2 Å². The van der Waals surface area contributed by atoms with Gasteiger partial charge in [0.2, 0.25) is 5.91 Å². The molecule has 0 saturated heterocycles. The number of hydrogen-bond donors (Lipinski definition) is 2. The van der Waals surface area contributed by atoms with E-state index in [-0.39, 0.29) is 11.9 Å². The minimum atomic E-state index is 0.0591. The van der Waals surface area contributed by atoms with Crippen LogP contribution in [0.25, 0.3) is 10.2 Å². The molecule has 2 N–H and O–H groups in total. The van der Waals surface area contributed by atoms with Crippen molar-refractivity contribution in [2.24, 2.45) is 0 Å². The van der Waals surface area contributed by atoms with Gasteiger partial charge in [-0.15, -0.1) is 11.3 Å². The Morgan fingerprint density at radius 2 is 1.96 bits per heavy atom. The zero-order valence-electron chi connectivity index (χ0n) is 16.7. The highest BCUT2D eigenvalue weighted by molar-refractivity contribution is 7.18. The molecule has 148 valence electrons. The number of rotatable bonds is 9. The summed E-state index contributed by atoms with van der Waals surface area (Å²) in [4.78, 5) is 21.2. The molecular formula is C22H28N4OS. The SMILES string of the molecule is CNC[C@H](Cc1ccncc1)NC(=O)CCc1nc2ccc(C(C)C)cc2s1. The van der Waals surface area contributed by atoms with Crippen LogP contribution >= 0.6 is 11.3 Å². The van der Waals surface area contributed by atoms with Crippen molar-refractivity contribution in [2.45, 2.75) is 45.1 Å². The van der Waals surface area contributed by atoms with Gasteiger partial charge in [0.05, 0.1) is 15.2 Å². The molecule has 2 aromatic heterocycles. The number of fused-ring (bicyclic) bond motifs is 1. The fourth-order valence-corrected chi connectivity index (χ4v) is 4.21. The van der Waals surface area contributed by atoms with E-state index in [0.29, 0.717) is 18.8 Å². The van der Waals surface area contributed by atoms with Gasteiger partial charge in [-0.1, -0.05) is 19.9 Å². The fraction of sp³-hybridized carbons (Fsp3) is 0.409. The average Bonchev–Trinajstić information content (AvgIpc) is 3.09. The highest BCUT2D eigenvalue weighted by atomic mass is 32.1. The molecule has 0 unspecified atom stereocenters. The molecule has 1 amide bonds. The average molecular weight is 397 g/mol. The fourth-order valence-electron chi connectivity index (χ4n) is 3.20. The number of aromatic nitrogens is 2. The number of carbonyl (C=O) groups excluding carboxylic acids is 1. The number of carbonyl (C=O) groups is 1. The van der Waals surface area contributed by atoms with Crippen molar-refractivity contribution in [1.82, 2.24) is 20.6 Å². The molecule has 0 fully saturated rings. The minimum Gasteiger partial charge on any atom is -0.352 e. The first-order valence-corrected chi connectivity index (χ1v) is 10.6. The molecule has 0 radical (unpaired) electrons. The van der Waals surface area contributed by atoms with E-state index in [0.717, 1.165) is 23.5 Å². The Morgan fingerprint density at radius 1 is 1.18 bits per heavy atom. The van der Waals surface area contributed by atoms with Gasteiger partial charge < -0.3 is 10.6 Å².